The molecule has 0 aromatic carbocycles. The van der Waals surface area contributed by atoms with Gasteiger partial charge in [-0.2, -0.15) is 5.10 Å². The van der Waals surface area contributed by atoms with Gasteiger partial charge < -0.3 is 11.1 Å². The summed E-state index contributed by atoms with van der Waals surface area (Å²) >= 11 is 0. The van der Waals surface area contributed by atoms with E-state index >= 15 is 0 Å². The Labute approximate surface area is 95.8 Å². The summed E-state index contributed by atoms with van der Waals surface area (Å²) in [6, 6.07) is 0. The molecular weight excluding hydrogens is 204 g/mol. The third-order valence-corrected chi connectivity index (χ3v) is 2.58. The quantitative estimate of drug-likeness (QED) is 0.643. The lowest BCUT2D eigenvalue weighted by Gasteiger charge is -2.15. The molecule has 0 aliphatic heterocycles. The number of aromatic nitrogens is 2. The van der Waals surface area contributed by atoms with Crippen molar-refractivity contribution in [2.45, 2.75) is 26.2 Å². The lowest BCUT2D eigenvalue weighted by atomic mass is 10.00. The van der Waals surface area contributed by atoms with Crippen molar-refractivity contribution in [1.82, 2.24) is 15.5 Å². The van der Waals surface area contributed by atoms with Crippen molar-refractivity contribution in [3.63, 3.8) is 0 Å². The van der Waals surface area contributed by atoms with E-state index < -0.39 is 0 Å². The fourth-order valence-corrected chi connectivity index (χ4v) is 1.71. The maximum absolute atomic E-state index is 11.6. The van der Waals surface area contributed by atoms with Gasteiger partial charge in [-0.1, -0.05) is 13.3 Å². The molecule has 0 fully saturated rings. The van der Waals surface area contributed by atoms with Crippen molar-refractivity contribution in [2.75, 3.05) is 13.1 Å². The summed E-state index contributed by atoms with van der Waals surface area (Å²) in [4.78, 5) is 11.6. The Balaban J connectivity index is 2.34. The molecule has 1 unspecified atom stereocenters. The smallest absolute Gasteiger partial charge is 0.254 e. The van der Waals surface area contributed by atoms with Crippen LogP contribution in [0.2, 0.25) is 0 Å². The Morgan fingerprint density at radius 2 is 2.44 bits per heavy atom. The molecule has 16 heavy (non-hydrogen) atoms. The van der Waals surface area contributed by atoms with Gasteiger partial charge in [-0.05, 0) is 25.3 Å². The highest BCUT2D eigenvalue weighted by molar-refractivity contribution is 5.93. The normalized spacial score (nSPS) is 12.4. The molecule has 5 nitrogen and oxygen atoms in total. The zero-order valence-corrected chi connectivity index (χ0v) is 9.70. The van der Waals surface area contributed by atoms with Gasteiger partial charge in [0, 0.05) is 12.7 Å². The summed E-state index contributed by atoms with van der Waals surface area (Å²) in [5.74, 6) is 0.401. The summed E-state index contributed by atoms with van der Waals surface area (Å²) in [7, 11) is 0. The van der Waals surface area contributed by atoms with E-state index in [9.17, 15) is 4.79 Å². The van der Waals surface area contributed by atoms with Gasteiger partial charge in [-0.25, -0.2) is 0 Å². The number of hydrogen-bond donors (Lipinski definition) is 3. The van der Waals surface area contributed by atoms with Gasteiger partial charge in [0.1, 0.15) is 0 Å². The summed E-state index contributed by atoms with van der Waals surface area (Å²) in [5, 5.41) is 9.26. The third kappa shape index (κ3) is 4.02. The Kier molecular flexibility index (Phi) is 5.56. The number of hydrogen-bond acceptors (Lipinski definition) is 3. The zero-order valence-electron chi connectivity index (χ0n) is 9.70. The van der Waals surface area contributed by atoms with E-state index in [0.29, 0.717) is 24.6 Å². The van der Waals surface area contributed by atoms with Gasteiger partial charge in [0.2, 0.25) is 0 Å². The van der Waals surface area contributed by atoms with Crippen LogP contribution in [0.25, 0.3) is 0 Å². The number of nitrogens with two attached hydrogens (primary N) is 1. The van der Waals surface area contributed by atoms with Crippen molar-refractivity contribution in [3.8, 4) is 0 Å². The molecule has 0 bridgehead atoms. The number of nitrogens with one attached hydrogen (secondary N) is 2. The summed E-state index contributed by atoms with van der Waals surface area (Å²) < 4.78 is 0. The third-order valence-electron chi connectivity index (χ3n) is 2.58. The first kappa shape index (κ1) is 12.7. The minimum atomic E-state index is -0.0770. The van der Waals surface area contributed by atoms with Crippen LogP contribution in [0, 0.1) is 5.92 Å². The minimum absolute atomic E-state index is 0.0770. The van der Waals surface area contributed by atoms with Crippen LogP contribution in [-0.4, -0.2) is 29.2 Å². The van der Waals surface area contributed by atoms with Gasteiger partial charge >= 0.3 is 0 Å². The molecule has 0 aliphatic carbocycles. The number of aromatic amines is 1. The Morgan fingerprint density at radius 3 is 3.00 bits per heavy atom. The van der Waals surface area contributed by atoms with Gasteiger partial charge in [0.25, 0.3) is 5.91 Å². The maximum Gasteiger partial charge on any atom is 0.254 e. The van der Waals surface area contributed by atoms with E-state index in [0.717, 1.165) is 19.3 Å². The number of nitrogens with zero attached hydrogens (tertiary/aromatic N) is 1. The summed E-state index contributed by atoms with van der Waals surface area (Å²) in [5.41, 5.74) is 6.11. The molecule has 1 amide bonds. The van der Waals surface area contributed by atoms with Crippen molar-refractivity contribution in [1.29, 1.82) is 0 Å². The van der Waals surface area contributed by atoms with Crippen molar-refractivity contribution < 1.29 is 4.79 Å². The van der Waals surface area contributed by atoms with E-state index in [2.05, 4.69) is 22.4 Å². The molecule has 4 N–H and O–H groups in total. The fourth-order valence-electron chi connectivity index (χ4n) is 1.71. The molecule has 0 saturated carbocycles. The van der Waals surface area contributed by atoms with Crippen molar-refractivity contribution in [2.24, 2.45) is 11.7 Å². The van der Waals surface area contributed by atoms with Gasteiger partial charge in [-0.3, -0.25) is 9.89 Å². The lowest BCUT2D eigenvalue weighted by Crippen LogP contribution is -2.30. The highest BCUT2D eigenvalue weighted by Crippen LogP contribution is 2.09. The highest BCUT2D eigenvalue weighted by atomic mass is 16.1. The van der Waals surface area contributed by atoms with E-state index in [1.54, 1.807) is 6.20 Å². The SMILES string of the molecule is CCCC(CCN)CNC(=O)c1cn[nH]c1. The van der Waals surface area contributed by atoms with Crippen LogP contribution in [-0.2, 0) is 0 Å². The molecule has 1 aromatic heterocycles. The van der Waals surface area contributed by atoms with Crippen LogP contribution in [0.3, 0.4) is 0 Å². The van der Waals surface area contributed by atoms with Crippen LogP contribution in [0.15, 0.2) is 12.4 Å². The second-order valence-electron chi connectivity index (χ2n) is 3.93. The van der Waals surface area contributed by atoms with Crippen molar-refractivity contribution >= 4 is 5.91 Å². The molecule has 0 saturated heterocycles. The standard InChI is InChI=1S/C11H20N4O/c1-2-3-9(4-5-12)6-13-11(16)10-7-14-15-8-10/h7-9H,2-6,12H2,1H3,(H,13,16)(H,14,15). The number of carbonyl (C=O) groups excluding carboxylic acids is 1. The van der Waals surface area contributed by atoms with Crippen LogP contribution >= 0.6 is 0 Å². The first-order valence-corrected chi connectivity index (χ1v) is 5.75. The highest BCUT2D eigenvalue weighted by Gasteiger charge is 2.10. The van der Waals surface area contributed by atoms with E-state index in [4.69, 9.17) is 5.73 Å². The predicted octanol–water partition coefficient (Wildman–Crippen LogP) is 0.905. The first-order valence-electron chi connectivity index (χ1n) is 5.75. The van der Waals surface area contributed by atoms with E-state index in [-0.39, 0.29) is 5.91 Å². The summed E-state index contributed by atoms with van der Waals surface area (Å²) in [6.45, 7) is 3.50. The molecule has 0 spiro atoms. The number of rotatable bonds is 7. The molecule has 1 rings (SSSR count). The number of amides is 1. The average molecular weight is 224 g/mol. The monoisotopic (exact) mass is 224 g/mol. The van der Waals surface area contributed by atoms with Gasteiger partial charge in [0.15, 0.2) is 0 Å². The van der Waals surface area contributed by atoms with Crippen molar-refractivity contribution in [3.05, 3.63) is 18.0 Å². The Morgan fingerprint density at radius 1 is 1.62 bits per heavy atom. The lowest BCUT2D eigenvalue weighted by molar-refractivity contribution is 0.0945. The second-order valence-corrected chi connectivity index (χ2v) is 3.93. The Bertz CT molecular complexity index is 291. The summed E-state index contributed by atoms with van der Waals surface area (Å²) in [6.07, 6.45) is 6.29. The second kappa shape index (κ2) is 7.00. The minimum Gasteiger partial charge on any atom is -0.352 e. The first-order chi connectivity index (χ1) is 7.77. The fraction of sp³-hybridized carbons (Fsp3) is 0.636. The van der Waals surface area contributed by atoms with Crippen LogP contribution in [0.5, 0.6) is 0 Å². The zero-order chi connectivity index (χ0) is 11.8. The molecule has 1 atom stereocenters. The topological polar surface area (TPSA) is 83.8 Å². The molecule has 1 heterocycles. The average Bonchev–Trinajstić information content (AvgIpc) is 2.79. The molecule has 1 aromatic rings. The molecule has 0 aliphatic rings. The largest absolute Gasteiger partial charge is 0.352 e. The molecular formula is C11H20N4O. The van der Waals surface area contributed by atoms with Gasteiger partial charge in [-0.15, -0.1) is 0 Å². The Hall–Kier alpha value is -1.36. The molecule has 0 radical (unpaired) electrons. The molecule has 90 valence electrons. The van der Waals surface area contributed by atoms with E-state index in [1.807, 2.05) is 0 Å². The number of H-pyrrole nitrogens is 1. The molecule has 5 heteroatoms. The van der Waals surface area contributed by atoms with Crippen LogP contribution < -0.4 is 11.1 Å². The maximum atomic E-state index is 11.6. The van der Waals surface area contributed by atoms with Crippen LogP contribution in [0.1, 0.15) is 36.5 Å². The van der Waals surface area contributed by atoms with E-state index in [1.165, 1.54) is 6.20 Å². The van der Waals surface area contributed by atoms with Gasteiger partial charge in [0.05, 0.1) is 11.8 Å². The van der Waals surface area contributed by atoms with Crippen LogP contribution in [0.4, 0.5) is 0 Å². The predicted molar refractivity (Wildman–Crippen MR) is 63.0 cm³/mol. The number of carbonyl (C=O) groups is 1.